The second-order valence-corrected chi connectivity index (χ2v) is 4.59. The average Bonchev–Trinajstić information content (AvgIpc) is 2.46. The van der Waals surface area contributed by atoms with Crippen molar-refractivity contribution in [2.75, 3.05) is 45.8 Å². The summed E-state index contributed by atoms with van der Waals surface area (Å²) < 4.78 is 16.3. The maximum absolute atomic E-state index is 5.91. The van der Waals surface area contributed by atoms with E-state index in [0.29, 0.717) is 6.61 Å². The third kappa shape index (κ3) is 4.09. The highest BCUT2D eigenvalue weighted by atomic mass is 16.5. The number of hydrogen-bond acceptors (Lipinski definition) is 5. The van der Waals surface area contributed by atoms with Crippen LogP contribution in [0.3, 0.4) is 0 Å². The molecule has 0 saturated heterocycles. The quantitative estimate of drug-likeness (QED) is 0.774. The van der Waals surface area contributed by atoms with Crippen LogP contribution < -0.4 is 15.4 Å². The molecular weight excluding hydrogens is 244 g/mol. The highest BCUT2D eigenvalue weighted by molar-refractivity contribution is 5.57. The Morgan fingerprint density at radius 1 is 1.42 bits per heavy atom. The SMILES string of the molecule is COCC(CNCC1CNc2ccccc2O1)OC. The Hall–Kier alpha value is -1.30. The zero-order chi connectivity index (χ0) is 13.5. The summed E-state index contributed by atoms with van der Waals surface area (Å²) in [4.78, 5) is 0. The Bertz CT molecular complexity index is 387. The summed E-state index contributed by atoms with van der Waals surface area (Å²) in [5.74, 6) is 0.917. The van der Waals surface area contributed by atoms with E-state index < -0.39 is 0 Å². The van der Waals surface area contributed by atoms with E-state index in [9.17, 15) is 0 Å². The van der Waals surface area contributed by atoms with Crippen LogP contribution in [0.15, 0.2) is 24.3 Å². The van der Waals surface area contributed by atoms with E-state index in [0.717, 1.165) is 31.1 Å². The number of benzene rings is 1. The van der Waals surface area contributed by atoms with E-state index in [-0.39, 0.29) is 12.2 Å². The molecule has 0 bridgehead atoms. The molecule has 1 aromatic carbocycles. The van der Waals surface area contributed by atoms with Gasteiger partial charge in [-0.05, 0) is 12.1 Å². The van der Waals surface area contributed by atoms with E-state index in [1.54, 1.807) is 14.2 Å². The fourth-order valence-electron chi connectivity index (χ4n) is 2.08. The molecule has 19 heavy (non-hydrogen) atoms. The molecule has 5 heteroatoms. The van der Waals surface area contributed by atoms with Crippen molar-refractivity contribution in [3.8, 4) is 5.75 Å². The van der Waals surface area contributed by atoms with Crippen molar-refractivity contribution in [1.82, 2.24) is 5.32 Å². The number of methoxy groups -OCH3 is 2. The van der Waals surface area contributed by atoms with Crippen LogP contribution >= 0.6 is 0 Å². The molecule has 1 heterocycles. The van der Waals surface area contributed by atoms with Gasteiger partial charge in [0, 0.05) is 27.3 Å². The molecule has 1 aromatic rings. The lowest BCUT2D eigenvalue weighted by molar-refractivity contribution is 0.0276. The summed E-state index contributed by atoms with van der Waals surface area (Å²) in [6.45, 7) is 2.94. The van der Waals surface area contributed by atoms with Crippen molar-refractivity contribution in [2.24, 2.45) is 0 Å². The van der Waals surface area contributed by atoms with Gasteiger partial charge < -0.3 is 24.8 Å². The molecule has 2 atom stereocenters. The molecule has 1 aliphatic heterocycles. The third-order valence-electron chi connectivity index (χ3n) is 3.13. The maximum Gasteiger partial charge on any atom is 0.142 e. The molecule has 0 radical (unpaired) electrons. The van der Waals surface area contributed by atoms with Gasteiger partial charge in [0.05, 0.1) is 24.9 Å². The number of hydrogen-bond donors (Lipinski definition) is 2. The van der Waals surface area contributed by atoms with Gasteiger partial charge in [-0.1, -0.05) is 12.1 Å². The number of ether oxygens (including phenoxy) is 3. The molecule has 5 nitrogen and oxygen atoms in total. The summed E-state index contributed by atoms with van der Waals surface area (Å²) in [6.07, 6.45) is 0.212. The summed E-state index contributed by atoms with van der Waals surface area (Å²) in [6, 6.07) is 7.99. The van der Waals surface area contributed by atoms with Crippen LogP contribution in [0.25, 0.3) is 0 Å². The number of nitrogens with one attached hydrogen (secondary N) is 2. The molecule has 0 saturated carbocycles. The highest BCUT2D eigenvalue weighted by Gasteiger charge is 2.18. The van der Waals surface area contributed by atoms with Crippen LogP contribution in [0.4, 0.5) is 5.69 Å². The highest BCUT2D eigenvalue weighted by Crippen LogP contribution is 2.27. The van der Waals surface area contributed by atoms with Gasteiger partial charge in [0.2, 0.25) is 0 Å². The van der Waals surface area contributed by atoms with Gasteiger partial charge in [-0.15, -0.1) is 0 Å². The van der Waals surface area contributed by atoms with E-state index >= 15 is 0 Å². The number of fused-ring (bicyclic) bond motifs is 1. The van der Waals surface area contributed by atoms with Crippen molar-refractivity contribution in [3.05, 3.63) is 24.3 Å². The van der Waals surface area contributed by atoms with Crippen molar-refractivity contribution < 1.29 is 14.2 Å². The van der Waals surface area contributed by atoms with Gasteiger partial charge in [-0.25, -0.2) is 0 Å². The molecule has 2 rings (SSSR count). The molecular formula is C14H22N2O3. The molecule has 0 spiro atoms. The predicted octanol–water partition coefficient (Wildman–Crippen LogP) is 1.11. The lowest BCUT2D eigenvalue weighted by atomic mass is 10.2. The Labute approximate surface area is 114 Å². The fourth-order valence-corrected chi connectivity index (χ4v) is 2.08. The Balaban J connectivity index is 1.73. The molecule has 1 aliphatic rings. The van der Waals surface area contributed by atoms with Gasteiger partial charge in [-0.3, -0.25) is 0 Å². The van der Waals surface area contributed by atoms with Crippen LogP contribution in [-0.4, -0.2) is 52.7 Å². The zero-order valence-electron chi connectivity index (χ0n) is 11.5. The lowest BCUT2D eigenvalue weighted by Crippen LogP contribution is -2.42. The molecule has 106 valence electrons. The lowest BCUT2D eigenvalue weighted by Gasteiger charge is -2.28. The molecule has 2 N–H and O–H groups in total. The molecule has 0 aromatic heterocycles. The normalized spacial score (nSPS) is 19.2. The smallest absolute Gasteiger partial charge is 0.142 e. The summed E-state index contributed by atoms with van der Waals surface area (Å²) >= 11 is 0. The van der Waals surface area contributed by atoms with E-state index in [2.05, 4.69) is 10.6 Å². The minimum atomic E-state index is 0.0776. The van der Waals surface area contributed by atoms with Crippen molar-refractivity contribution in [3.63, 3.8) is 0 Å². The van der Waals surface area contributed by atoms with Crippen molar-refractivity contribution >= 4 is 5.69 Å². The van der Waals surface area contributed by atoms with Crippen LogP contribution in [-0.2, 0) is 9.47 Å². The first-order chi connectivity index (χ1) is 9.33. The first-order valence-electron chi connectivity index (χ1n) is 6.55. The molecule has 2 unspecified atom stereocenters. The summed E-state index contributed by atoms with van der Waals surface area (Å²) in [5.41, 5.74) is 1.06. The van der Waals surface area contributed by atoms with Gasteiger partial charge in [0.25, 0.3) is 0 Å². The van der Waals surface area contributed by atoms with Crippen molar-refractivity contribution in [1.29, 1.82) is 0 Å². The minimum absolute atomic E-state index is 0.0776. The number of para-hydroxylation sites is 2. The monoisotopic (exact) mass is 266 g/mol. The Morgan fingerprint density at radius 2 is 2.26 bits per heavy atom. The third-order valence-corrected chi connectivity index (χ3v) is 3.13. The molecule has 0 amide bonds. The Kier molecular flexibility index (Phi) is 5.44. The standard InChI is InChI=1S/C14H22N2O3/c1-17-10-12(18-2)8-15-7-11-9-16-13-5-3-4-6-14(13)19-11/h3-6,11-12,15-16H,7-10H2,1-2H3. The molecule has 0 aliphatic carbocycles. The zero-order valence-corrected chi connectivity index (χ0v) is 11.5. The predicted molar refractivity (Wildman–Crippen MR) is 74.9 cm³/mol. The van der Waals surface area contributed by atoms with Crippen LogP contribution in [0.5, 0.6) is 5.75 Å². The Morgan fingerprint density at radius 3 is 3.05 bits per heavy atom. The first kappa shape index (κ1) is 14.1. The van der Waals surface area contributed by atoms with Gasteiger partial charge in [0.15, 0.2) is 0 Å². The van der Waals surface area contributed by atoms with Crippen molar-refractivity contribution in [2.45, 2.75) is 12.2 Å². The largest absolute Gasteiger partial charge is 0.485 e. The van der Waals surface area contributed by atoms with Gasteiger partial charge in [0.1, 0.15) is 11.9 Å². The fraction of sp³-hybridized carbons (Fsp3) is 0.571. The molecule has 0 fully saturated rings. The topological polar surface area (TPSA) is 51.8 Å². The second-order valence-electron chi connectivity index (χ2n) is 4.59. The van der Waals surface area contributed by atoms with Gasteiger partial charge in [-0.2, -0.15) is 0 Å². The summed E-state index contributed by atoms with van der Waals surface area (Å²) in [7, 11) is 3.37. The van der Waals surface area contributed by atoms with Crippen LogP contribution in [0, 0.1) is 0 Å². The van der Waals surface area contributed by atoms with Crippen LogP contribution in [0.1, 0.15) is 0 Å². The van der Waals surface area contributed by atoms with E-state index in [1.165, 1.54) is 0 Å². The second kappa shape index (κ2) is 7.33. The van der Waals surface area contributed by atoms with Crippen LogP contribution in [0.2, 0.25) is 0 Å². The maximum atomic E-state index is 5.91. The minimum Gasteiger partial charge on any atom is -0.485 e. The average molecular weight is 266 g/mol. The first-order valence-corrected chi connectivity index (χ1v) is 6.55. The van der Waals surface area contributed by atoms with E-state index in [1.807, 2.05) is 24.3 Å². The van der Waals surface area contributed by atoms with E-state index in [4.69, 9.17) is 14.2 Å². The van der Waals surface area contributed by atoms with Gasteiger partial charge >= 0.3 is 0 Å². The number of rotatable bonds is 7. The number of anilines is 1. The summed E-state index contributed by atoms with van der Waals surface area (Å²) in [5, 5.41) is 6.72.